The molecular weight excluding hydrogens is 414 g/mol. The Balaban J connectivity index is 1.70. The molecule has 0 unspecified atom stereocenters. The van der Waals surface area contributed by atoms with Gasteiger partial charge in [0.1, 0.15) is 5.75 Å². The molecule has 0 saturated heterocycles. The van der Waals surface area contributed by atoms with E-state index in [1.807, 2.05) is 53.7 Å². The summed E-state index contributed by atoms with van der Waals surface area (Å²) in [5, 5.41) is 9.62. The molecule has 0 fully saturated rings. The summed E-state index contributed by atoms with van der Waals surface area (Å²) in [5.74, 6) is 2.62. The van der Waals surface area contributed by atoms with Crippen LogP contribution in [0.1, 0.15) is 24.9 Å². The maximum atomic E-state index is 5.54. The number of nitrogens with zero attached hydrogens (tertiary/aromatic N) is 3. The van der Waals surface area contributed by atoms with Crippen molar-refractivity contribution in [2.24, 2.45) is 5.10 Å². The first kappa shape index (κ1) is 21.0. The van der Waals surface area contributed by atoms with Crippen molar-refractivity contribution in [1.29, 1.82) is 0 Å². The van der Waals surface area contributed by atoms with Gasteiger partial charge in [-0.3, -0.25) is 0 Å². The van der Waals surface area contributed by atoms with Crippen LogP contribution in [0, 0.1) is 0 Å². The third kappa shape index (κ3) is 4.03. The van der Waals surface area contributed by atoms with Gasteiger partial charge in [-0.2, -0.15) is 5.10 Å². The molecule has 0 saturated carbocycles. The number of hydrazone groups is 1. The van der Waals surface area contributed by atoms with Crippen LogP contribution in [0.3, 0.4) is 0 Å². The second-order valence-corrected chi connectivity index (χ2v) is 7.94. The van der Waals surface area contributed by atoms with E-state index in [2.05, 4.69) is 0 Å². The van der Waals surface area contributed by atoms with Crippen molar-refractivity contribution >= 4 is 22.2 Å². The highest BCUT2D eigenvalue weighted by molar-refractivity contribution is 7.14. The standard InChI is InChI=1S/C23H25N3O4S/c1-14-9-19(16-11-20(28-3)22(30-5)21(12-16)29-4)26(25-14)23-24-18(13-31-23)15-7-6-8-17(10-15)27-2/h6-8,10-13,19H,9H2,1-5H3/t19-/m1/s1. The molecule has 0 bridgehead atoms. The van der Waals surface area contributed by atoms with Crippen LogP contribution in [0.4, 0.5) is 5.13 Å². The molecule has 2 aromatic carbocycles. The van der Waals surface area contributed by atoms with Crippen LogP contribution < -0.4 is 24.0 Å². The minimum Gasteiger partial charge on any atom is -0.497 e. The lowest BCUT2D eigenvalue weighted by molar-refractivity contribution is 0.323. The quantitative estimate of drug-likeness (QED) is 0.506. The molecule has 31 heavy (non-hydrogen) atoms. The number of aromatic nitrogens is 1. The van der Waals surface area contributed by atoms with Crippen molar-refractivity contribution in [1.82, 2.24) is 4.98 Å². The Morgan fingerprint density at radius 2 is 1.71 bits per heavy atom. The molecule has 2 heterocycles. The van der Waals surface area contributed by atoms with Crippen LogP contribution in [-0.4, -0.2) is 39.1 Å². The number of hydrogen-bond acceptors (Lipinski definition) is 8. The van der Waals surface area contributed by atoms with Gasteiger partial charge in [-0.25, -0.2) is 9.99 Å². The summed E-state index contributed by atoms with van der Waals surface area (Å²) in [6.45, 7) is 2.03. The van der Waals surface area contributed by atoms with Gasteiger partial charge in [0.05, 0.1) is 40.2 Å². The van der Waals surface area contributed by atoms with E-state index in [4.69, 9.17) is 29.0 Å². The van der Waals surface area contributed by atoms with Gasteiger partial charge in [-0.1, -0.05) is 12.1 Å². The Kier molecular flexibility index (Phi) is 5.99. The highest BCUT2D eigenvalue weighted by Gasteiger charge is 2.31. The Morgan fingerprint density at radius 1 is 0.968 bits per heavy atom. The molecule has 8 heteroatoms. The lowest BCUT2D eigenvalue weighted by Gasteiger charge is -2.23. The van der Waals surface area contributed by atoms with Gasteiger partial charge in [0.2, 0.25) is 10.9 Å². The van der Waals surface area contributed by atoms with Crippen molar-refractivity contribution in [3.05, 3.63) is 47.3 Å². The smallest absolute Gasteiger partial charge is 0.207 e. The van der Waals surface area contributed by atoms with Gasteiger partial charge < -0.3 is 18.9 Å². The van der Waals surface area contributed by atoms with Gasteiger partial charge in [0.15, 0.2) is 11.5 Å². The van der Waals surface area contributed by atoms with E-state index in [0.717, 1.165) is 39.8 Å². The van der Waals surface area contributed by atoms with E-state index < -0.39 is 0 Å². The number of methoxy groups -OCH3 is 4. The van der Waals surface area contributed by atoms with Crippen LogP contribution in [0.5, 0.6) is 23.0 Å². The molecule has 0 spiro atoms. The third-order valence-electron chi connectivity index (χ3n) is 5.19. The van der Waals surface area contributed by atoms with E-state index in [9.17, 15) is 0 Å². The summed E-state index contributed by atoms with van der Waals surface area (Å²) in [5.41, 5.74) is 3.96. The number of benzene rings is 2. The zero-order valence-corrected chi connectivity index (χ0v) is 19.0. The Morgan fingerprint density at radius 3 is 2.35 bits per heavy atom. The van der Waals surface area contributed by atoms with Crippen molar-refractivity contribution in [2.45, 2.75) is 19.4 Å². The monoisotopic (exact) mass is 439 g/mol. The summed E-state index contributed by atoms with van der Waals surface area (Å²) >= 11 is 1.56. The minimum absolute atomic E-state index is 0.0157. The second kappa shape index (κ2) is 8.85. The fraction of sp³-hybridized carbons (Fsp3) is 0.304. The van der Waals surface area contributed by atoms with Crippen LogP contribution in [0.15, 0.2) is 46.9 Å². The summed E-state index contributed by atoms with van der Waals surface area (Å²) in [7, 11) is 6.51. The number of rotatable bonds is 7. The van der Waals surface area contributed by atoms with E-state index in [1.165, 1.54) is 0 Å². The van der Waals surface area contributed by atoms with Crippen LogP contribution in [0.2, 0.25) is 0 Å². The summed E-state index contributed by atoms with van der Waals surface area (Å²) in [6.07, 6.45) is 0.784. The summed E-state index contributed by atoms with van der Waals surface area (Å²) < 4.78 is 21.9. The Bertz CT molecular complexity index is 1090. The minimum atomic E-state index is -0.0157. The molecule has 1 aromatic heterocycles. The maximum Gasteiger partial charge on any atom is 0.207 e. The molecule has 0 aliphatic carbocycles. The zero-order chi connectivity index (χ0) is 22.0. The third-order valence-corrected chi connectivity index (χ3v) is 6.02. The zero-order valence-electron chi connectivity index (χ0n) is 18.2. The fourth-order valence-corrected chi connectivity index (χ4v) is 4.51. The topological polar surface area (TPSA) is 65.4 Å². The summed E-state index contributed by atoms with van der Waals surface area (Å²) in [4.78, 5) is 4.86. The van der Waals surface area contributed by atoms with Crippen LogP contribution >= 0.6 is 11.3 Å². The molecule has 0 radical (unpaired) electrons. The van der Waals surface area contributed by atoms with Gasteiger partial charge in [-0.15, -0.1) is 11.3 Å². The van der Waals surface area contributed by atoms with E-state index in [-0.39, 0.29) is 6.04 Å². The lowest BCUT2D eigenvalue weighted by atomic mass is 10.0. The van der Waals surface area contributed by atoms with Gasteiger partial charge in [0, 0.05) is 23.1 Å². The van der Waals surface area contributed by atoms with Crippen LogP contribution in [-0.2, 0) is 0 Å². The molecule has 7 nitrogen and oxygen atoms in total. The largest absolute Gasteiger partial charge is 0.497 e. The number of ether oxygens (including phenoxy) is 4. The van der Waals surface area contributed by atoms with E-state index in [1.54, 1.807) is 39.8 Å². The van der Waals surface area contributed by atoms with E-state index >= 15 is 0 Å². The first-order valence-corrected chi connectivity index (χ1v) is 10.7. The fourth-order valence-electron chi connectivity index (χ4n) is 3.67. The number of anilines is 1. The normalized spacial score (nSPS) is 15.6. The molecule has 0 amide bonds. The van der Waals surface area contributed by atoms with Crippen molar-refractivity contribution < 1.29 is 18.9 Å². The van der Waals surface area contributed by atoms with Crippen molar-refractivity contribution in [2.75, 3.05) is 33.4 Å². The first-order valence-electron chi connectivity index (χ1n) is 9.81. The van der Waals surface area contributed by atoms with Crippen molar-refractivity contribution in [3.8, 4) is 34.3 Å². The van der Waals surface area contributed by atoms with Gasteiger partial charge in [0.25, 0.3) is 0 Å². The first-order chi connectivity index (χ1) is 15.1. The average Bonchev–Trinajstić information content (AvgIpc) is 3.44. The SMILES string of the molecule is COc1cccc(-c2csc(N3N=C(C)C[C@@H]3c3cc(OC)c(OC)c(OC)c3)n2)c1. The molecule has 1 atom stereocenters. The molecule has 4 rings (SSSR count). The predicted octanol–water partition coefficient (Wildman–Crippen LogP) is 5.17. The second-order valence-electron chi connectivity index (χ2n) is 7.11. The molecule has 1 aliphatic rings. The average molecular weight is 440 g/mol. The molecule has 162 valence electrons. The number of thiazole rings is 1. The number of hydrogen-bond donors (Lipinski definition) is 0. The lowest BCUT2D eigenvalue weighted by Crippen LogP contribution is -2.18. The van der Waals surface area contributed by atoms with Gasteiger partial charge >= 0.3 is 0 Å². The highest BCUT2D eigenvalue weighted by Crippen LogP contribution is 2.44. The molecular formula is C23H25N3O4S. The van der Waals surface area contributed by atoms with E-state index in [0.29, 0.717) is 17.2 Å². The Hall–Kier alpha value is -3.26. The maximum absolute atomic E-state index is 5.54. The Labute approximate surface area is 185 Å². The predicted molar refractivity (Wildman–Crippen MR) is 123 cm³/mol. The van der Waals surface area contributed by atoms with Crippen molar-refractivity contribution in [3.63, 3.8) is 0 Å². The summed E-state index contributed by atoms with van der Waals surface area (Å²) in [6, 6.07) is 11.8. The molecule has 3 aromatic rings. The molecule has 1 aliphatic heterocycles. The van der Waals surface area contributed by atoms with Gasteiger partial charge in [-0.05, 0) is 36.8 Å². The van der Waals surface area contributed by atoms with Crippen LogP contribution in [0.25, 0.3) is 11.3 Å². The molecule has 0 N–H and O–H groups in total. The highest BCUT2D eigenvalue weighted by atomic mass is 32.1.